The molecule has 0 bridgehead atoms. The van der Waals surface area contributed by atoms with Gasteiger partial charge >= 0.3 is 0 Å². The van der Waals surface area contributed by atoms with E-state index in [9.17, 15) is 10.5 Å². The number of nitriles is 2. The van der Waals surface area contributed by atoms with Crippen molar-refractivity contribution in [3.05, 3.63) is 133 Å². The molecule has 0 spiro atoms. The number of aromatic nitrogens is 2. The number of nitrogens with zero attached hydrogens (tertiary/aromatic N) is 4. The molecule has 0 amide bonds. The summed E-state index contributed by atoms with van der Waals surface area (Å²) in [6.45, 7) is 0. The fourth-order valence-electron chi connectivity index (χ4n) is 4.82. The first-order valence-corrected chi connectivity index (χ1v) is 12.2. The van der Waals surface area contributed by atoms with Gasteiger partial charge in [0.05, 0.1) is 34.7 Å². The summed E-state index contributed by atoms with van der Waals surface area (Å²) in [5, 5.41) is 20.9. The highest BCUT2D eigenvalue weighted by Gasteiger charge is 2.11. The van der Waals surface area contributed by atoms with Crippen molar-refractivity contribution in [2.45, 2.75) is 0 Å². The Bertz CT molecular complexity index is 1770. The van der Waals surface area contributed by atoms with Gasteiger partial charge in [-0.15, -0.1) is 0 Å². The molecule has 0 aliphatic rings. The molecule has 2 aromatic heterocycles. The van der Waals surface area contributed by atoms with E-state index in [4.69, 9.17) is 0 Å². The zero-order valence-electron chi connectivity index (χ0n) is 20.3. The highest BCUT2D eigenvalue weighted by molar-refractivity contribution is 6.04. The van der Waals surface area contributed by atoms with Gasteiger partial charge in [0.25, 0.3) is 0 Å². The number of benzene rings is 4. The van der Waals surface area contributed by atoms with Crippen molar-refractivity contribution in [2.24, 2.45) is 0 Å². The van der Waals surface area contributed by atoms with E-state index in [-0.39, 0.29) is 0 Å². The minimum absolute atomic E-state index is 0.590. The summed E-state index contributed by atoms with van der Waals surface area (Å²) in [6, 6.07) is 40.7. The summed E-state index contributed by atoms with van der Waals surface area (Å²) < 4.78 is 0. The van der Waals surface area contributed by atoms with Crippen molar-refractivity contribution in [2.75, 3.05) is 0 Å². The van der Waals surface area contributed by atoms with E-state index in [1.165, 1.54) is 0 Å². The zero-order valence-corrected chi connectivity index (χ0v) is 20.3. The van der Waals surface area contributed by atoms with Crippen LogP contribution in [-0.2, 0) is 0 Å². The fourth-order valence-corrected chi connectivity index (χ4v) is 4.82. The second-order valence-corrected chi connectivity index (χ2v) is 8.95. The predicted molar refractivity (Wildman–Crippen MR) is 151 cm³/mol. The normalized spacial score (nSPS) is 10.6. The van der Waals surface area contributed by atoms with E-state index in [2.05, 4.69) is 82.8 Å². The van der Waals surface area contributed by atoms with Crippen LogP contribution in [0.3, 0.4) is 0 Å². The summed E-state index contributed by atoms with van der Waals surface area (Å²) in [7, 11) is 0. The Morgan fingerprint density at radius 1 is 0.447 bits per heavy atom. The van der Waals surface area contributed by atoms with Gasteiger partial charge in [0, 0.05) is 23.5 Å². The molecule has 0 N–H and O–H groups in total. The quantitative estimate of drug-likeness (QED) is 0.254. The summed E-state index contributed by atoms with van der Waals surface area (Å²) in [6.07, 6.45) is 3.34. The molecule has 0 aliphatic heterocycles. The van der Waals surface area contributed by atoms with Crippen LogP contribution in [0.25, 0.3) is 55.5 Å². The van der Waals surface area contributed by atoms with Crippen molar-refractivity contribution in [3.8, 4) is 56.9 Å². The topological polar surface area (TPSA) is 73.4 Å². The third kappa shape index (κ3) is 4.28. The molecule has 4 aromatic carbocycles. The molecular weight excluding hydrogens is 464 g/mol. The summed E-state index contributed by atoms with van der Waals surface area (Å²) in [5.41, 5.74) is 9.08. The molecule has 4 heteroatoms. The predicted octanol–water partition coefficient (Wildman–Crippen LogP) is 8.04. The summed E-state index contributed by atoms with van der Waals surface area (Å²) in [5.74, 6) is 0. The lowest BCUT2D eigenvalue weighted by molar-refractivity contribution is 1.31. The second-order valence-electron chi connectivity index (χ2n) is 8.95. The number of hydrogen-bond donors (Lipinski definition) is 0. The lowest BCUT2D eigenvalue weighted by Crippen LogP contribution is -1.89. The maximum Gasteiger partial charge on any atom is 0.0992 e. The van der Waals surface area contributed by atoms with Crippen LogP contribution < -0.4 is 0 Å². The Morgan fingerprint density at radius 3 is 1.32 bits per heavy atom. The van der Waals surface area contributed by atoms with Crippen LogP contribution in [0.4, 0.5) is 0 Å². The van der Waals surface area contributed by atoms with Crippen LogP contribution >= 0.6 is 0 Å². The molecule has 38 heavy (non-hydrogen) atoms. The SMILES string of the molecule is N#Cc1ccnc(-c2cccc(-c3cccc4c(-c5cccc(-c6cc(C#N)ccn6)c5)cccc34)c2)c1. The second kappa shape index (κ2) is 9.82. The van der Waals surface area contributed by atoms with E-state index >= 15 is 0 Å². The zero-order chi connectivity index (χ0) is 25.9. The van der Waals surface area contributed by atoms with E-state index in [1.807, 2.05) is 36.4 Å². The molecule has 0 fully saturated rings. The van der Waals surface area contributed by atoms with Crippen LogP contribution in [0.2, 0.25) is 0 Å². The van der Waals surface area contributed by atoms with Crippen LogP contribution in [0.15, 0.2) is 122 Å². The number of hydrogen-bond acceptors (Lipinski definition) is 4. The molecule has 6 rings (SSSR count). The Balaban J connectivity index is 1.45. The third-order valence-corrected chi connectivity index (χ3v) is 6.64. The van der Waals surface area contributed by atoms with Crippen LogP contribution in [0.5, 0.6) is 0 Å². The van der Waals surface area contributed by atoms with Gasteiger partial charge in [0.2, 0.25) is 0 Å². The molecule has 0 aliphatic carbocycles. The van der Waals surface area contributed by atoms with Gasteiger partial charge in [-0.25, -0.2) is 0 Å². The summed E-state index contributed by atoms with van der Waals surface area (Å²) in [4.78, 5) is 8.96. The maximum absolute atomic E-state index is 9.29. The van der Waals surface area contributed by atoms with E-state index in [1.54, 1.807) is 24.5 Å². The van der Waals surface area contributed by atoms with Gasteiger partial charge < -0.3 is 0 Å². The molecule has 0 atom stereocenters. The first-order valence-electron chi connectivity index (χ1n) is 12.2. The molecule has 0 saturated carbocycles. The van der Waals surface area contributed by atoms with Crippen molar-refractivity contribution < 1.29 is 0 Å². The van der Waals surface area contributed by atoms with Crippen LogP contribution in [-0.4, -0.2) is 9.97 Å². The highest BCUT2D eigenvalue weighted by atomic mass is 14.7. The minimum atomic E-state index is 0.590. The van der Waals surface area contributed by atoms with E-state index in [0.717, 1.165) is 55.5 Å². The highest BCUT2D eigenvalue weighted by Crippen LogP contribution is 2.37. The Labute approximate surface area is 220 Å². The number of rotatable bonds is 4. The lowest BCUT2D eigenvalue weighted by Gasteiger charge is -2.13. The first-order chi connectivity index (χ1) is 18.7. The molecular formula is C34H20N4. The Morgan fingerprint density at radius 2 is 0.868 bits per heavy atom. The summed E-state index contributed by atoms with van der Waals surface area (Å²) >= 11 is 0. The van der Waals surface area contributed by atoms with Gasteiger partial charge in [0.1, 0.15) is 0 Å². The van der Waals surface area contributed by atoms with Gasteiger partial charge in [-0.3, -0.25) is 9.97 Å². The molecule has 176 valence electrons. The van der Waals surface area contributed by atoms with Gasteiger partial charge in [0.15, 0.2) is 0 Å². The van der Waals surface area contributed by atoms with Gasteiger partial charge in [-0.1, -0.05) is 72.8 Å². The average molecular weight is 485 g/mol. The lowest BCUT2D eigenvalue weighted by atomic mass is 9.91. The minimum Gasteiger partial charge on any atom is -0.256 e. The molecule has 0 saturated heterocycles. The average Bonchev–Trinajstić information content (AvgIpc) is 3.00. The van der Waals surface area contributed by atoms with E-state index in [0.29, 0.717) is 11.1 Å². The monoisotopic (exact) mass is 484 g/mol. The van der Waals surface area contributed by atoms with Crippen molar-refractivity contribution in [3.63, 3.8) is 0 Å². The largest absolute Gasteiger partial charge is 0.256 e. The van der Waals surface area contributed by atoms with Gasteiger partial charge in [-0.05, 0) is 69.4 Å². The Hall–Kier alpha value is -5.58. The fraction of sp³-hybridized carbons (Fsp3) is 0. The number of fused-ring (bicyclic) bond motifs is 1. The van der Waals surface area contributed by atoms with Crippen LogP contribution in [0.1, 0.15) is 11.1 Å². The molecule has 0 unspecified atom stereocenters. The number of pyridine rings is 2. The Kier molecular flexibility index (Phi) is 5.91. The molecule has 2 heterocycles. The van der Waals surface area contributed by atoms with E-state index < -0.39 is 0 Å². The van der Waals surface area contributed by atoms with Crippen molar-refractivity contribution >= 4 is 10.8 Å². The molecule has 4 nitrogen and oxygen atoms in total. The van der Waals surface area contributed by atoms with Crippen molar-refractivity contribution in [1.82, 2.24) is 9.97 Å². The third-order valence-electron chi connectivity index (χ3n) is 6.64. The van der Waals surface area contributed by atoms with Crippen LogP contribution in [0, 0.1) is 22.7 Å². The van der Waals surface area contributed by atoms with Gasteiger partial charge in [-0.2, -0.15) is 10.5 Å². The molecule has 6 aromatic rings. The maximum atomic E-state index is 9.29. The molecule has 0 radical (unpaired) electrons. The van der Waals surface area contributed by atoms with Crippen molar-refractivity contribution in [1.29, 1.82) is 10.5 Å². The smallest absolute Gasteiger partial charge is 0.0992 e. The first kappa shape index (κ1) is 22.9. The standard InChI is InChI=1S/C34H20N4/c35-21-23-13-15-37-33(17-23)27-7-1-5-25(19-27)29-9-3-12-32-30(10-4-11-31(29)32)26-6-2-8-28(20-26)34-18-24(22-36)14-16-38-34/h1-20H.